The Labute approximate surface area is 203 Å². The van der Waals surface area contributed by atoms with E-state index in [9.17, 15) is 5.11 Å². The van der Waals surface area contributed by atoms with Gasteiger partial charge in [-0.05, 0) is 111 Å². The summed E-state index contributed by atoms with van der Waals surface area (Å²) in [5.41, 5.74) is 8.19. The van der Waals surface area contributed by atoms with E-state index in [1.165, 1.54) is 44.2 Å². The second kappa shape index (κ2) is 8.83. The van der Waals surface area contributed by atoms with Gasteiger partial charge in [0.05, 0.1) is 11.1 Å². The Morgan fingerprint density at radius 3 is 2.59 bits per heavy atom. The van der Waals surface area contributed by atoms with Gasteiger partial charge in [-0.1, -0.05) is 26.0 Å². The summed E-state index contributed by atoms with van der Waals surface area (Å²) < 4.78 is 0. The Morgan fingerprint density at radius 1 is 1.12 bits per heavy atom. The molecule has 0 amide bonds. The van der Waals surface area contributed by atoms with Gasteiger partial charge in [0.25, 0.3) is 0 Å². The van der Waals surface area contributed by atoms with Gasteiger partial charge in [-0.15, -0.1) is 0 Å². The van der Waals surface area contributed by atoms with Crippen LogP contribution in [0.5, 0.6) is 0 Å². The maximum absolute atomic E-state index is 10.2. The van der Waals surface area contributed by atoms with Gasteiger partial charge in [-0.2, -0.15) is 0 Å². The maximum Gasteiger partial charge on any atom is 0.0731 e. The molecule has 1 aliphatic rings. The number of rotatable bonds is 5. The quantitative estimate of drug-likeness (QED) is 0.349. The average molecular weight is 456 g/mol. The van der Waals surface area contributed by atoms with Crippen molar-refractivity contribution >= 4 is 21.8 Å². The second-order valence-corrected chi connectivity index (χ2v) is 11.1. The number of H-pyrrole nitrogens is 1. The number of fused-ring (bicyclic) bond motifs is 2. The first-order valence-electron chi connectivity index (χ1n) is 12.7. The lowest BCUT2D eigenvalue weighted by Crippen LogP contribution is -2.42. The number of β-amino-alcohol motifs (C(OH)–C–C–N with tert-alkyl or cyclic N) is 1. The van der Waals surface area contributed by atoms with Gasteiger partial charge in [0.1, 0.15) is 0 Å². The first kappa shape index (κ1) is 23.1. The van der Waals surface area contributed by atoms with E-state index in [-0.39, 0.29) is 0 Å². The van der Waals surface area contributed by atoms with Crippen LogP contribution in [-0.4, -0.2) is 45.2 Å². The van der Waals surface area contributed by atoms with Crippen LogP contribution in [0.2, 0.25) is 0 Å². The van der Waals surface area contributed by atoms with Gasteiger partial charge in [0, 0.05) is 34.7 Å². The third-order valence-corrected chi connectivity index (χ3v) is 7.29. The zero-order chi connectivity index (χ0) is 24.0. The van der Waals surface area contributed by atoms with Gasteiger partial charge in [-0.25, -0.2) is 0 Å². The Bertz CT molecular complexity index is 1320. The van der Waals surface area contributed by atoms with Gasteiger partial charge < -0.3 is 15.0 Å². The van der Waals surface area contributed by atoms with E-state index in [1.54, 1.807) is 0 Å². The minimum Gasteiger partial charge on any atom is -0.389 e. The molecule has 0 bridgehead atoms. The monoisotopic (exact) mass is 455 g/mol. The molecule has 3 heterocycles. The van der Waals surface area contributed by atoms with Crippen LogP contribution in [-0.2, 0) is 0 Å². The molecule has 0 atom stereocenters. The molecule has 0 aliphatic carbocycles. The highest BCUT2D eigenvalue weighted by Gasteiger charge is 2.26. The molecule has 178 valence electrons. The standard InChI is InChI=1S/C30H37N3O/c1-19(2)27-25-17-22(21-10-13-33(14-11-21)18-30(4,5)34)8-9-26(25)32-29(27)24-15-20(3)28-23(16-24)7-6-12-31-28/h6-9,12,15-17,19,21,32,34H,10-11,13-14,18H2,1-5H3. The largest absolute Gasteiger partial charge is 0.389 e. The second-order valence-electron chi connectivity index (χ2n) is 11.1. The third-order valence-electron chi connectivity index (χ3n) is 7.29. The molecule has 0 unspecified atom stereocenters. The highest BCUT2D eigenvalue weighted by molar-refractivity contribution is 5.94. The molecular weight excluding hydrogens is 418 g/mol. The fourth-order valence-corrected chi connectivity index (χ4v) is 5.80. The molecule has 1 aliphatic heterocycles. The molecule has 4 heteroatoms. The molecule has 34 heavy (non-hydrogen) atoms. The van der Waals surface area contributed by atoms with Gasteiger partial charge in [0.15, 0.2) is 0 Å². The summed E-state index contributed by atoms with van der Waals surface area (Å²) in [4.78, 5) is 10.7. The average Bonchev–Trinajstić information content (AvgIpc) is 3.18. The molecule has 2 N–H and O–H groups in total. The summed E-state index contributed by atoms with van der Waals surface area (Å²) in [6, 6.07) is 15.7. The van der Waals surface area contributed by atoms with Crippen molar-refractivity contribution in [3.63, 3.8) is 0 Å². The van der Waals surface area contributed by atoms with E-state index in [4.69, 9.17) is 0 Å². The summed E-state index contributed by atoms with van der Waals surface area (Å²) in [5.74, 6) is 0.993. The number of aromatic nitrogens is 2. The van der Waals surface area contributed by atoms with Gasteiger partial charge >= 0.3 is 0 Å². The molecule has 5 rings (SSSR count). The molecule has 2 aromatic carbocycles. The van der Waals surface area contributed by atoms with Gasteiger partial charge in [-0.3, -0.25) is 4.98 Å². The summed E-state index contributed by atoms with van der Waals surface area (Å²) >= 11 is 0. The van der Waals surface area contributed by atoms with Crippen LogP contribution < -0.4 is 0 Å². The van der Waals surface area contributed by atoms with Crippen molar-refractivity contribution in [1.82, 2.24) is 14.9 Å². The number of hydrogen-bond donors (Lipinski definition) is 2. The maximum atomic E-state index is 10.2. The van der Waals surface area contributed by atoms with Crippen LogP contribution in [0.1, 0.15) is 69.1 Å². The fraction of sp³-hybridized carbons (Fsp3) is 0.433. The number of aromatic amines is 1. The van der Waals surface area contributed by atoms with Crippen LogP contribution in [0.4, 0.5) is 0 Å². The first-order valence-corrected chi connectivity index (χ1v) is 12.7. The third kappa shape index (κ3) is 4.49. The first-order chi connectivity index (χ1) is 16.2. The number of piperidine rings is 1. The number of nitrogens with one attached hydrogen (secondary N) is 1. The Hall–Kier alpha value is -2.69. The molecule has 0 saturated carbocycles. The van der Waals surface area contributed by atoms with Crippen LogP contribution in [0.3, 0.4) is 0 Å². The van der Waals surface area contributed by atoms with Crippen LogP contribution in [0.25, 0.3) is 33.1 Å². The fourth-order valence-electron chi connectivity index (χ4n) is 5.80. The van der Waals surface area contributed by atoms with E-state index in [1.807, 2.05) is 26.1 Å². The molecule has 1 fully saturated rings. The molecular formula is C30H37N3O. The highest BCUT2D eigenvalue weighted by atomic mass is 16.3. The van der Waals surface area contributed by atoms with E-state index in [0.29, 0.717) is 11.8 Å². The van der Waals surface area contributed by atoms with E-state index >= 15 is 0 Å². The van der Waals surface area contributed by atoms with Crippen molar-refractivity contribution in [2.24, 2.45) is 0 Å². The SMILES string of the molecule is Cc1cc(-c2[nH]c3ccc(C4CCN(CC(C)(C)O)CC4)cc3c2C(C)C)cc2cccnc12. The van der Waals surface area contributed by atoms with Gasteiger partial charge in [0.2, 0.25) is 0 Å². The number of aryl methyl sites for hydroxylation is 1. The molecule has 4 nitrogen and oxygen atoms in total. The van der Waals surface area contributed by atoms with Crippen molar-refractivity contribution in [3.8, 4) is 11.3 Å². The highest BCUT2D eigenvalue weighted by Crippen LogP contribution is 2.39. The van der Waals surface area contributed by atoms with E-state index in [0.717, 1.165) is 38.0 Å². The lowest BCUT2D eigenvalue weighted by atomic mass is 9.87. The van der Waals surface area contributed by atoms with Crippen molar-refractivity contribution in [2.75, 3.05) is 19.6 Å². The molecule has 2 aromatic heterocycles. The van der Waals surface area contributed by atoms with Crippen molar-refractivity contribution < 1.29 is 5.11 Å². The number of pyridine rings is 1. The predicted molar refractivity (Wildman–Crippen MR) is 143 cm³/mol. The predicted octanol–water partition coefficient (Wildman–Crippen LogP) is 6.77. The van der Waals surface area contributed by atoms with E-state index in [2.05, 4.69) is 72.0 Å². The summed E-state index contributed by atoms with van der Waals surface area (Å²) in [5, 5.41) is 12.7. The summed E-state index contributed by atoms with van der Waals surface area (Å²) in [6.45, 7) is 13.4. The Morgan fingerprint density at radius 2 is 1.88 bits per heavy atom. The van der Waals surface area contributed by atoms with Crippen molar-refractivity contribution in [2.45, 2.75) is 64.9 Å². The summed E-state index contributed by atoms with van der Waals surface area (Å²) in [7, 11) is 0. The zero-order valence-electron chi connectivity index (χ0n) is 21.2. The van der Waals surface area contributed by atoms with Crippen molar-refractivity contribution in [3.05, 3.63) is 65.4 Å². The number of nitrogens with zero attached hydrogens (tertiary/aromatic N) is 2. The minimum atomic E-state index is -0.628. The van der Waals surface area contributed by atoms with Crippen molar-refractivity contribution in [1.29, 1.82) is 0 Å². The Kier molecular flexibility index (Phi) is 5.99. The lowest BCUT2D eigenvalue weighted by molar-refractivity contribution is 0.0282. The van der Waals surface area contributed by atoms with Crippen LogP contribution in [0.15, 0.2) is 48.7 Å². The Balaban J connectivity index is 1.50. The molecule has 0 spiro atoms. The smallest absolute Gasteiger partial charge is 0.0731 e. The number of benzene rings is 2. The number of aliphatic hydroxyl groups is 1. The number of hydrogen-bond acceptors (Lipinski definition) is 3. The minimum absolute atomic E-state index is 0.414. The van der Waals surface area contributed by atoms with Crippen LogP contribution in [0, 0.1) is 6.92 Å². The molecule has 4 aromatic rings. The molecule has 1 saturated heterocycles. The topological polar surface area (TPSA) is 52.2 Å². The van der Waals surface area contributed by atoms with E-state index < -0.39 is 5.60 Å². The number of likely N-dealkylation sites (tertiary alicyclic amines) is 1. The van der Waals surface area contributed by atoms with Crippen LogP contribution >= 0.6 is 0 Å². The summed E-state index contributed by atoms with van der Waals surface area (Å²) in [6.07, 6.45) is 4.16. The molecule has 0 radical (unpaired) electrons. The zero-order valence-corrected chi connectivity index (χ0v) is 21.2. The lowest BCUT2D eigenvalue weighted by Gasteiger charge is -2.35. The normalized spacial score (nSPS) is 16.2.